The van der Waals surface area contributed by atoms with E-state index < -0.39 is 16.1 Å². The number of ether oxygens (including phenoxy) is 1. The van der Waals surface area contributed by atoms with Crippen molar-refractivity contribution in [2.24, 2.45) is 0 Å². The average molecular weight is 538 g/mol. The third kappa shape index (κ3) is 5.48. The van der Waals surface area contributed by atoms with E-state index in [1.54, 1.807) is 30.2 Å². The molecule has 0 aromatic heterocycles. The molecular formula is C29H35N3O5S. The molecule has 4 rings (SSSR count). The van der Waals surface area contributed by atoms with Crippen LogP contribution in [0.25, 0.3) is 10.8 Å². The minimum absolute atomic E-state index is 0.111. The van der Waals surface area contributed by atoms with Crippen LogP contribution in [0, 0.1) is 0 Å². The summed E-state index contributed by atoms with van der Waals surface area (Å²) in [6, 6.07) is 17.6. The zero-order chi connectivity index (χ0) is 27.3. The molecule has 1 aliphatic heterocycles. The van der Waals surface area contributed by atoms with Gasteiger partial charge in [0.15, 0.2) is 0 Å². The molecule has 1 atom stereocenters. The van der Waals surface area contributed by atoms with Gasteiger partial charge in [-0.3, -0.25) is 13.9 Å². The second kappa shape index (κ2) is 11.9. The summed E-state index contributed by atoms with van der Waals surface area (Å²) >= 11 is 0. The summed E-state index contributed by atoms with van der Waals surface area (Å²) in [5.74, 6) is 0.292. The van der Waals surface area contributed by atoms with Crippen LogP contribution in [0.5, 0.6) is 5.75 Å². The smallest absolute Gasteiger partial charge is 0.265 e. The fourth-order valence-electron chi connectivity index (χ4n) is 4.97. The van der Waals surface area contributed by atoms with Crippen molar-refractivity contribution in [3.05, 3.63) is 66.2 Å². The van der Waals surface area contributed by atoms with Crippen LogP contribution in [0.1, 0.15) is 45.1 Å². The third-order valence-corrected chi connectivity index (χ3v) is 8.71. The van der Waals surface area contributed by atoms with Gasteiger partial charge in [-0.25, -0.2) is 8.42 Å². The molecule has 3 aromatic rings. The maximum Gasteiger partial charge on any atom is 0.265 e. The van der Waals surface area contributed by atoms with Crippen LogP contribution in [0.3, 0.4) is 0 Å². The Hall–Kier alpha value is -3.59. The van der Waals surface area contributed by atoms with E-state index in [1.807, 2.05) is 56.3 Å². The molecule has 0 bridgehead atoms. The minimum atomic E-state index is -3.69. The first-order chi connectivity index (χ1) is 18.3. The molecule has 2 amide bonds. The van der Waals surface area contributed by atoms with E-state index in [1.165, 1.54) is 4.31 Å². The van der Waals surface area contributed by atoms with Gasteiger partial charge in [-0.15, -0.1) is 0 Å². The molecule has 202 valence electrons. The first-order valence-electron chi connectivity index (χ1n) is 13.1. The Kier molecular flexibility index (Phi) is 8.56. The zero-order valence-electron chi connectivity index (χ0n) is 22.1. The van der Waals surface area contributed by atoms with Gasteiger partial charge in [0, 0.05) is 31.4 Å². The van der Waals surface area contributed by atoms with Gasteiger partial charge in [-0.2, -0.15) is 0 Å². The number of nitrogens with zero attached hydrogens (tertiary/aromatic N) is 2. The molecule has 0 unspecified atom stereocenters. The number of sulfonamides is 1. The topological polar surface area (TPSA) is 96.0 Å². The molecule has 0 saturated carbocycles. The fraction of sp³-hybridized carbons (Fsp3) is 0.379. The summed E-state index contributed by atoms with van der Waals surface area (Å²) in [7, 11) is -2.10. The average Bonchev–Trinajstić information content (AvgIpc) is 3.14. The molecule has 0 spiro atoms. The predicted octanol–water partition coefficient (Wildman–Crippen LogP) is 4.47. The Morgan fingerprint density at radius 3 is 2.50 bits per heavy atom. The van der Waals surface area contributed by atoms with E-state index in [4.69, 9.17) is 4.74 Å². The predicted molar refractivity (Wildman–Crippen MR) is 149 cm³/mol. The molecule has 9 heteroatoms. The first-order valence-corrected chi connectivity index (χ1v) is 14.5. The number of anilines is 1. The van der Waals surface area contributed by atoms with Crippen molar-refractivity contribution >= 4 is 38.3 Å². The molecular weight excluding hydrogens is 502 g/mol. The lowest BCUT2D eigenvalue weighted by Gasteiger charge is -2.31. The highest BCUT2D eigenvalue weighted by atomic mass is 32.2. The normalized spacial score (nSPS) is 14.3. The number of carbonyl (C=O) groups excluding carboxylic acids is 2. The second-order valence-electron chi connectivity index (χ2n) is 9.40. The highest BCUT2D eigenvalue weighted by Crippen LogP contribution is 2.42. The molecule has 0 fully saturated rings. The van der Waals surface area contributed by atoms with E-state index in [0.717, 1.165) is 22.8 Å². The SMILES string of the molecule is CCCNC(=O)[C@H](CC)N(Cc1cccc(OC)c1)C(=O)CCCN1c2cccc3cccc(c23)S1(=O)=O. The Labute approximate surface area is 224 Å². The highest BCUT2D eigenvalue weighted by Gasteiger charge is 2.35. The monoisotopic (exact) mass is 537 g/mol. The van der Waals surface area contributed by atoms with Crippen LogP contribution in [0.15, 0.2) is 65.6 Å². The molecule has 0 radical (unpaired) electrons. The maximum absolute atomic E-state index is 13.6. The maximum atomic E-state index is 13.6. The van der Waals surface area contributed by atoms with Crippen LogP contribution in [0.4, 0.5) is 5.69 Å². The van der Waals surface area contributed by atoms with E-state index in [9.17, 15) is 18.0 Å². The summed E-state index contributed by atoms with van der Waals surface area (Å²) in [6.07, 6.45) is 1.69. The molecule has 8 nitrogen and oxygen atoms in total. The number of rotatable bonds is 12. The van der Waals surface area contributed by atoms with Gasteiger partial charge in [-0.05, 0) is 54.5 Å². The summed E-state index contributed by atoms with van der Waals surface area (Å²) in [5.41, 5.74) is 1.49. The van der Waals surface area contributed by atoms with E-state index in [0.29, 0.717) is 35.7 Å². The number of benzene rings is 3. The quantitative estimate of drug-likeness (QED) is 0.368. The van der Waals surface area contributed by atoms with Crippen molar-refractivity contribution in [1.29, 1.82) is 0 Å². The van der Waals surface area contributed by atoms with Gasteiger partial charge in [0.2, 0.25) is 11.8 Å². The summed E-state index contributed by atoms with van der Waals surface area (Å²) in [5, 5.41) is 4.51. The first kappa shape index (κ1) is 27.4. The summed E-state index contributed by atoms with van der Waals surface area (Å²) in [4.78, 5) is 28.5. The van der Waals surface area contributed by atoms with Crippen LogP contribution < -0.4 is 14.4 Å². The number of hydrogen-bond donors (Lipinski definition) is 1. The van der Waals surface area contributed by atoms with E-state index in [2.05, 4.69) is 5.32 Å². The van der Waals surface area contributed by atoms with Crippen molar-refractivity contribution in [3.63, 3.8) is 0 Å². The fourth-order valence-corrected chi connectivity index (χ4v) is 6.72. The van der Waals surface area contributed by atoms with Crippen LogP contribution in [0.2, 0.25) is 0 Å². The number of amides is 2. The lowest BCUT2D eigenvalue weighted by Crippen LogP contribution is -2.49. The van der Waals surface area contributed by atoms with E-state index >= 15 is 0 Å². The molecule has 1 N–H and O–H groups in total. The van der Waals surface area contributed by atoms with Crippen molar-refractivity contribution in [1.82, 2.24) is 10.2 Å². The summed E-state index contributed by atoms with van der Waals surface area (Å²) < 4.78 is 33.3. The van der Waals surface area contributed by atoms with Crippen molar-refractivity contribution in [2.75, 3.05) is 24.5 Å². The second-order valence-corrected chi connectivity index (χ2v) is 11.2. The largest absolute Gasteiger partial charge is 0.497 e. The number of nitrogens with one attached hydrogen (secondary N) is 1. The molecule has 1 heterocycles. The van der Waals surface area contributed by atoms with Gasteiger partial charge in [0.1, 0.15) is 11.8 Å². The van der Waals surface area contributed by atoms with Crippen molar-refractivity contribution in [2.45, 2.75) is 57.0 Å². The molecule has 0 aliphatic carbocycles. The van der Waals surface area contributed by atoms with Crippen LogP contribution >= 0.6 is 0 Å². The van der Waals surface area contributed by atoms with Gasteiger partial charge in [0.25, 0.3) is 10.0 Å². The van der Waals surface area contributed by atoms with Crippen molar-refractivity contribution in [3.8, 4) is 5.75 Å². The lowest BCUT2D eigenvalue weighted by atomic mass is 10.1. The van der Waals surface area contributed by atoms with Gasteiger partial charge < -0.3 is 15.0 Å². The third-order valence-electron chi connectivity index (χ3n) is 6.86. The Balaban J connectivity index is 1.52. The molecule has 38 heavy (non-hydrogen) atoms. The van der Waals surface area contributed by atoms with Gasteiger partial charge >= 0.3 is 0 Å². The van der Waals surface area contributed by atoms with Gasteiger partial charge in [0.05, 0.1) is 17.7 Å². The number of carbonyl (C=O) groups is 2. The van der Waals surface area contributed by atoms with Crippen LogP contribution in [-0.4, -0.2) is 51.4 Å². The number of hydrogen-bond acceptors (Lipinski definition) is 5. The van der Waals surface area contributed by atoms with Gasteiger partial charge in [-0.1, -0.05) is 50.2 Å². The molecule has 0 saturated heterocycles. The Morgan fingerprint density at radius 2 is 1.79 bits per heavy atom. The Bertz CT molecular complexity index is 1420. The highest BCUT2D eigenvalue weighted by molar-refractivity contribution is 7.93. The van der Waals surface area contributed by atoms with Crippen LogP contribution in [-0.2, 0) is 26.2 Å². The summed E-state index contributed by atoms with van der Waals surface area (Å²) in [6.45, 7) is 4.83. The standard InChI is InChI=1S/C29H35N3O5S/c1-4-17-30-29(34)24(5-2)31(20-21-10-6-13-23(19-21)37-3)27(33)16-9-18-32-25-14-7-11-22-12-8-15-26(28(22)25)38(32,35)36/h6-8,10-15,19,24H,4-5,9,16-18,20H2,1-3H3,(H,30,34)/t24-/m0/s1. The lowest BCUT2D eigenvalue weighted by molar-refractivity contribution is -0.141. The molecule has 1 aliphatic rings. The minimum Gasteiger partial charge on any atom is -0.497 e. The molecule has 3 aromatic carbocycles. The zero-order valence-corrected chi connectivity index (χ0v) is 23.0. The number of methoxy groups -OCH3 is 1. The van der Waals surface area contributed by atoms with Crippen molar-refractivity contribution < 1.29 is 22.7 Å². The van der Waals surface area contributed by atoms with E-state index in [-0.39, 0.29) is 31.3 Å². The Morgan fingerprint density at radius 1 is 1.05 bits per heavy atom.